The highest BCUT2D eigenvalue weighted by atomic mass is 79.9. The Morgan fingerprint density at radius 1 is 0.867 bits per heavy atom. The molecule has 0 spiro atoms. The highest BCUT2D eigenvalue weighted by molar-refractivity contribution is 9.10. The van der Waals surface area contributed by atoms with Gasteiger partial charge in [-0.25, -0.2) is 0 Å². The number of anilines is 1. The minimum atomic E-state index is -0.456. The molecule has 0 atom stereocenters. The molecule has 3 rings (SSSR count). The topological polar surface area (TPSA) is 84.5 Å². The van der Waals surface area contributed by atoms with E-state index < -0.39 is 5.97 Å². The average Bonchev–Trinajstić information content (AvgIpc) is 2.73. The van der Waals surface area contributed by atoms with Crippen molar-refractivity contribution in [3.05, 3.63) is 94.0 Å². The van der Waals surface area contributed by atoms with Gasteiger partial charge in [-0.3, -0.25) is 14.4 Å². The van der Waals surface area contributed by atoms with E-state index in [9.17, 15) is 14.4 Å². The quantitative estimate of drug-likeness (QED) is 0.412. The molecule has 0 bridgehead atoms. The number of rotatable bonds is 6. The highest BCUT2D eigenvalue weighted by Crippen LogP contribution is 2.18. The van der Waals surface area contributed by atoms with Gasteiger partial charge in [-0.15, -0.1) is 0 Å². The lowest BCUT2D eigenvalue weighted by Crippen LogP contribution is -2.24. The van der Waals surface area contributed by atoms with Crippen LogP contribution >= 0.6 is 15.9 Å². The zero-order valence-corrected chi connectivity index (χ0v) is 17.7. The maximum Gasteiger partial charge on any atom is 0.308 e. The molecule has 6 nitrogen and oxygen atoms in total. The molecule has 3 aromatic rings. The Kier molecular flexibility index (Phi) is 6.98. The van der Waals surface area contributed by atoms with E-state index in [0.717, 1.165) is 10.0 Å². The Labute approximate surface area is 182 Å². The van der Waals surface area contributed by atoms with Crippen molar-refractivity contribution < 1.29 is 19.1 Å². The zero-order valence-electron chi connectivity index (χ0n) is 16.1. The first kappa shape index (κ1) is 21.3. The van der Waals surface area contributed by atoms with Crippen LogP contribution in [0, 0.1) is 0 Å². The van der Waals surface area contributed by atoms with E-state index in [0.29, 0.717) is 22.6 Å². The van der Waals surface area contributed by atoms with E-state index >= 15 is 0 Å². The first-order valence-electron chi connectivity index (χ1n) is 9.14. The first-order valence-corrected chi connectivity index (χ1v) is 9.93. The van der Waals surface area contributed by atoms with Gasteiger partial charge in [0.05, 0.1) is 0 Å². The van der Waals surface area contributed by atoms with Crippen LogP contribution in [0.25, 0.3) is 0 Å². The van der Waals surface area contributed by atoms with Crippen LogP contribution in [-0.2, 0) is 11.3 Å². The maximum absolute atomic E-state index is 12.5. The predicted molar refractivity (Wildman–Crippen MR) is 117 cm³/mol. The number of ether oxygens (including phenoxy) is 1. The molecule has 2 N–H and O–H groups in total. The first-order chi connectivity index (χ1) is 14.4. The van der Waals surface area contributed by atoms with Crippen LogP contribution in [0.1, 0.15) is 33.2 Å². The number of para-hydroxylation sites is 1. The number of carbonyl (C=O) groups excluding carboxylic acids is 3. The van der Waals surface area contributed by atoms with Crippen molar-refractivity contribution in [2.24, 2.45) is 0 Å². The number of halogens is 1. The maximum atomic E-state index is 12.5. The summed E-state index contributed by atoms with van der Waals surface area (Å²) in [6.07, 6.45) is 0. The molecule has 0 radical (unpaired) electrons. The normalized spacial score (nSPS) is 10.2. The van der Waals surface area contributed by atoms with Crippen molar-refractivity contribution in [3.8, 4) is 5.75 Å². The Bertz CT molecular complexity index is 1080. The molecule has 0 saturated heterocycles. The van der Waals surface area contributed by atoms with Crippen molar-refractivity contribution in [1.29, 1.82) is 0 Å². The third kappa shape index (κ3) is 5.78. The Morgan fingerprint density at radius 2 is 1.60 bits per heavy atom. The zero-order chi connectivity index (χ0) is 21.5. The fraction of sp³-hybridized carbons (Fsp3) is 0.0870. The molecule has 0 heterocycles. The number of carbonyl (C=O) groups is 3. The molecule has 0 aliphatic heterocycles. The van der Waals surface area contributed by atoms with E-state index in [4.69, 9.17) is 4.74 Å². The minimum Gasteiger partial charge on any atom is -0.427 e. The molecule has 2 amide bonds. The Hall–Kier alpha value is -3.45. The molecular weight excluding hydrogens is 448 g/mol. The molecule has 0 aliphatic rings. The molecular formula is C23H19BrN2O4. The van der Waals surface area contributed by atoms with Gasteiger partial charge in [0.2, 0.25) is 0 Å². The summed E-state index contributed by atoms with van der Waals surface area (Å²) >= 11 is 3.35. The van der Waals surface area contributed by atoms with Gasteiger partial charge >= 0.3 is 5.97 Å². The predicted octanol–water partition coefficient (Wildman–Crippen LogP) is 4.56. The number of hydrogen-bond donors (Lipinski definition) is 2. The van der Waals surface area contributed by atoms with E-state index in [2.05, 4.69) is 26.6 Å². The van der Waals surface area contributed by atoms with Crippen LogP contribution in [0.4, 0.5) is 5.69 Å². The van der Waals surface area contributed by atoms with Gasteiger partial charge in [0.25, 0.3) is 11.8 Å². The second kappa shape index (κ2) is 9.84. The van der Waals surface area contributed by atoms with Crippen LogP contribution in [-0.4, -0.2) is 17.8 Å². The van der Waals surface area contributed by atoms with Crippen molar-refractivity contribution in [2.45, 2.75) is 13.5 Å². The van der Waals surface area contributed by atoms with Crippen molar-refractivity contribution in [1.82, 2.24) is 5.32 Å². The van der Waals surface area contributed by atoms with Gasteiger partial charge in [-0.05, 0) is 54.1 Å². The molecule has 0 fully saturated rings. The van der Waals surface area contributed by atoms with E-state index in [-0.39, 0.29) is 18.4 Å². The summed E-state index contributed by atoms with van der Waals surface area (Å²) in [6, 6.07) is 20.7. The molecule has 7 heteroatoms. The molecule has 0 unspecified atom stereocenters. The molecule has 3 aromatic carbocycles. The van der Waals surface area contributed by atoms with Gasteiger partial charge in [-0.1, -0.05) is 40.2 Å². The number of hydrogen-bond acceptors (Lipinski definition) is 4. The summed E-state index contributed by atoms with van der Waals surface area (Å²) in [7, 11) is 0. The monoisotopic (exact) mass is 466 g/mol. The van der Waals surface area contributed by atoms with E-state index in [1.807, 2.05) is 18.2 Å². The second-order valence-corrected chi connectivity index (χ2v) is 7.34. The molecule has 30 heavy (non-hydrogen) atoms. The number of nitrogens with one attached hydrogen (secondary N) is 2. The number of amides is 2. The summed E-state index contributed by atoms with van der Waals surface area (Å²) in [5.41, 5.74) is 2.26. The molecule has 152 valence electrons. The van der Waals surface area contributed by atoms with Gasteiger partial charge < -0.3 is 15.4 Å². The lowest BCUT2D eigenvalue weighted by molar-refractivity contribution is -0.131. The third-order valence-electron chi connectivity index (χ3n) is 4.17. The lowest BCUT2D eigenvalue weighted by Gasteiger charge is -2.12. The highest BCUT2D eigenvalue weighted by Gasteiger charge is 2.11. The van der Waals surface area contributed by atoms with E-state index in [1.165, 1.54) is 13.0 Å². The largest absolute Gasteiger partial charge is 0.427 e. The van der Waals surface area contributed by atoms with Crippen molar-refractivity contribution in [2.75, 3.05) is 5.32 Å². The lowest BCUT2D eigenvalue weighted by atomic mass is 10.1. The summed E-state index contributed by atoms with van der Waals surface area (Å²) in [6.45, 7) is 1.51. The van der Waals surface area contributed by atoms with Crippen LogP contribution in [0.15, 0.2) is 77.3 Å². The van der Waals surface area contributed by atoms with Gasteiger partial charge in [0, 0.05) is 34.8 Å². The molecule has 0 saturated carbocycles. The Morgan fingerprint density at radius 3 is 2.33 bits per heavy atom. The second-order valence-electron chi connectivity index (χ2n) is 6.42. The van der Waals surface area contributed by atoms with Crippen LogP contribution < -0.4 is 15.4 Å². The summed E-state index contributed by atoms with van der Waals surface area (Å²) in [4.78, 5) is 36.1. The van der Waals surface area contributed by atoms with Crippen molar-refractivity contribution in [3.63, 3.8) is 0 Å². The molecule has 0 aromatic heterocycles. The van der Waals surface area contributed by atoms with Crippen LogP contribution in [0.3, 0.4) is 0 Å². The van der Waals surface area contributed by atoms with Crippen LogP contribution in [0.5, 0.6) is 5.75 Å². The number of esters is 1. The fourth-order valence-electron chi connectivity index (χ4n) is 2.74. The summed E-state index contributed by atoms with van der Waals surface area (Å²) in [5.74, 6) is -0.714. The molecule has 0 aliphatic carbocycles. The van der Waals surface area contributed by atoms with Crippen LogP contribution in [0.2, 0.25) is 0 Å². The Balaban J connectivity index is 1.68. The standard InChI is InChI=1S/C23H19BrN2O4/c1-15(27)30-20-7-4-6-17(13-20)22(28)25-14-18-5-2-3-8-21(18)26-23(29)16-9-11-19(24)12-10-16/h2-13H,14H2,1H3,(H,25,28)(H,26,29). The van der Waals surface area contributed by atoms with Crippen molar-refractivity contribution >= 4 is 39.4 Å². The SMILES string of the molecule is CC(=O)Oc1cccc(C(=O)NCc2ccccc2NC(=O)c2ccc(Br)cc2)c1. The summed E-state index contributed by atoms with van der Waals surface area (Å²) in [5, 5.41) is 5.70. The summed E-state index contributed by atoms with van der Waals surface area (Å²) < 4.78 is 5.90. The van der Waals surface area contributed by atoms with Gasteiger partial charge in [0.15, 0.2) is 0 Å². The van der Waals surface area contributed by atoms with Gasteiger partial charge in [-0.2, -0.15) is 0 Å². The smallest absolute Gasteiger partial charge is 0.308 e. The van der Waals surface area contributed by atoms with E-state index in [1.54, 1.807) is 48.5 Å². The average molecular weight is 467 g/mol. The fourth-order valence-corrected chi connectivity index (χ4v) is 3.00. The third-order valence-corrected chi connectivity index (χ3v) is 4.70. The minimum absolute atomic E-state index is 0.216. The number of benzene rings is 3. The van der Waals surface area contributed by atoms with Gasteiger partial charge in [0.1, 0.15) is 5.75 Å².